The molecule has 0 spiro atoms. The highest BCUT2D eigenvalue weighted by atomic mass is 16.2. The highest BCUT2D eigenvalue weighted by Gasteiger charge is 2.45. The second-order valence-electron chi connectivity index (χ2n) is 8.80. The predicted octanol–water partition coefficient (Wildman–Crippen LogP) is -0.224. The van der Waals surface area contributed by atoms with Crippen LogP contribution in [0.4, 0.5) is 0 Å². The van der Waals surface area contributed by atoms with Crippen LogP contribution in [0, 0.1) is 0 Å². The van der Waals surface area contributed by atoms with Crippen LogP contribution in [0.15, 0.2) is 18.2 Å². The van der Waals surface area contributed by atoms with Crippen molar-refractivity contribution in [3.8, 4) is 0 Å². The summed E-state index contributed by atoms with van der Waals surface area (Å²) in [6.07, 6.45) is 2.17. The third-order valence-corrected chi connectivity index (χ3v) is 6.66. The summed E-state index contributed by atoms with van der Waals surface area (Å²) in [5.41, 5.74) is 1.07. The lowest BCUT2D eigenvalue weighted by molar-refractivity contribution is -0.136. The number of imide groups is 2. The van der Waals surface area contributed by atoms with E-state index in [1.807, 2.05) is 11.9 Å². The quantitative estimate of drug-likeness (QED) is 0.506. The minimum atomic E-state index is -1.00. The fraction of sp³-hybridized carbons (Fsp3) is 0.522. The van der Waals surface area contributed by atoms with Gasteiger partial charge < -0.3 is 15.5 Å². The SMILES string of the molecule is CNC1CCCN(C(=O)[C@H](C)NCc2cccc3c2C(=O)N(C2CCC(=O)NC2=O)C3=O)C1. The summed E-state index contributed by atoms with van der Waals surface area (Å²) in [7, 11) is 1.90. The maximum atomic E-state index is 13.2. The van der Waals surface area contributed by atoms with Gasteiger partial charge in [-0.15, -0.1) is 0 Å². The van der Waals surface area contributed by atoms with E-state index in [-0.39, 0.29) is 42.5 Å². The molecule has 10 heteroatoms. The van der Waals surface area contributed by atoms with E-state index in [9.17, 15) is 24.0 Å². The maximum absolute atomic E-state index is 13.2. The highest BCUT2D eigenvalue weighted by Crippen LogP contribution is 2.30. The maximum Gasteiger partial charge on any atom is 0.262 e. The van der Waals surface area contributed by atoms with Gasteiger partial charge in [0, 0.05) is 32.1 Å². The number of rotatable bonds is 6. The van der Waals surface area contributed by atoms with E-state index < -0.39 is 35.7 Å². The number of likely N-dealkylation sites (tertiary alicyclic amines) is 1. The first-order chi connectivity index (χ1) is 15.8. The molecule has 3 aliphatic rings. The summed E-state index contributed by atoms with van der Waals surface area (Å²) < 4.78 is 0. The monoisotopic (exact) mass is 455 g/mol. The van der Waals surface area contributed by atoms with Crippen molar-refractivity contribution in [2.24, 2.45) is 0 Å². The molecule has 0 aromatic heterocycles. The first-order valence-electron chi connectivity index (χ1n) is 11.3. The molecular weight excluding hydrogens is 426 g/mol. The Kier molecular flexibility index (Phi) is 6.57. The highest BCUT2D eigenvalue weighted by molar-refractivity contribution is 6.24. The number of fused-ring (bicyclic) bond motifs is 1. The number of benzene rings is 1. The molecule has 3 N–H and O–H groups in total. The van der Waals surface area contributed by atoms with Gasteiger partial charge in [0.1, 0.15) is 6.04 Å². The van der Waals surface area contributed by atoms with Gasteiger partial charge in [-0.2, -0.15) is 0 Å². The third-order valence-electron chi connectivity index (χ3n) is 6.66. The van der Waals surface area contributed by atoms with Crippen molar-refractivity contribution in [2.75, 3.05) is 20.1 Å². The molecule has 176 valence electrons. The zero-order valence-electron chi connectivity index (χ0n) is 18.8. The molecular formula is C23H29N5O5. The Morgan fingerprint density at radius 3 is 2.70 bits per heavy atom. The lowest BCUT2D eigenvalue weighted by atomic mass is 10.0. The number of carbonyl (C=O) groups excluding carboxylic acids is 5. The summed E-state index contributed by atoms with van der Waals surface area (Å²) in [4.78, 5) is 65.5. The van der Waals surface area contributed by atoms with Crippen molar-refractivity contribution in [2.45, 2.75) is 57.3 Å². The van der Waals surface area contributed by atoms with Gasteiger partial charge >= 0.3 is 0 Å². The van der Waals surface area contributed by atoms with Gasteiger partial charge in [-0.05, 0) is 44.9 Å². The molecule has 1 aromatic rings. The fourth-order valence-corrected chi connectivity index (χ4v) is 4.77. The van der Waals surface area contributed by atoms with E-state index in [2.05, 4.69) is 16.0 Å². The van der Waals surface area contributed by atoms with Crippen molar-refractivity contribution in [3.05, 3.63) is 34.9 Å². The van der Waals surface area contributed by atoms with E-state index in [1.54, 1.807) is 25.1 Å². The lowest BCUT2D eigenvalue weighted by Gasteiger charge is -2.34. The Hall–Kier alpha value is -3.11. The van der Waals surface area contributed by atoms with Gasteiger partial charge in [0.15, 0.2) is 0 Å². The molecule has 10 nitrogen and oxygen atoms in total. The topological polar surface area (TPSA) is 128 Å². The zero-order valence-corrected chi connectivity index (χ0v) is 18.8. The summed E-state index contributed by atoms with van der Waals surface area (Å²) >= 11 is 0. The van der Waals surface area contributed by atoms with Crippen LogP contribution in [0.3, 0.4) is 0 Å². The van der Waals surface area contributed by atoms with Gasteiger partial charge in [0.05, 0.1) is 17.2 Å². The van der Waals surface area contributed by atoms with Crippen molar-refractivity contribution >= 4 is 29.5 Å². The number of piperidine rings is 2. The minimum Gasteiger partial charge on any atom is -0.340 e. The van der Waals surface area contributed by atoms with Crippen LogP contribution in [-0.2, 0) is 20.9 Å². The molecule has 2 fully saturated rings. The van der Waals surface area contributed by atoms with E-state index in [0.29, 0.717) is 12.1 Å². The molecule has 3 heterocycles. The van der Waals surface area contributed by atoms with Crippen LogP contribution >= 0.6 is 0 Å². The van der Waals surface area contributed by atoms with Crippen molar-refractivity contribution in [1.82, 2.24) is 25.8 Å². The van der Waals surface area contributed by atoms with Crippen molar-refractivity contribution in [1.29, 1.82) is 0 Å². The molecule has 5 amide bonds. The molecule has 2 unspecified atom stereocenters. The number of nitrogens with one attached hydrogen (secondary N) is 3. The number of likely N-dealkylation sites (N-methyl/N-ethyl adjacent to an activating group) is 1. The van der Waals surface area contributed by atoms with E-state index in [0.717, 1.165) is 24.3 Å². The first-order valence-corrected chi connectivity index (χ1v) is 11.3. The second-order valence-corrected chi connectivity index (χ2v) is 8.80. The Labute approximate surface area is 192 Å². The summed E-state index contributed by atoms with van der Waals surface area (Å²) in [5, 5.41) is 8.61. The molecule has 0 bridgehead atoms. The van der Waals surface area contributed by atoms with Crippen molar-refractivity contribution < 1.29 is 24.0 Å². The van der Waals surface area contributed by atoms with Crippen LogP contribution in [0.1, 0.15) is 58.9 Å². The first kappa shape index (κ1) is 23.1. The van der Waals surface area contributed by atoms with Gasteiger partial charge in [-0.25, -0.2) is 0 Å². The molecule has 33 heavy (non-hydrogen) atoms. The Morgan fingerprint density at radius 2 is 1.97 bits per heavy atom. The molecule has 3 atom stereocenters. The van der Waals surface area contributed by atoms with Crippen LogP contribution in [0.25, 0.3) is 0 Å². The average molecular weight is 456 g/mol. The lowest BCUT2D eigenvalue weighted by Crippen LogP contribution is -2.54. The Bertz CT molecular complexity index is 1010. The van der Waals surface area contributed by atoms with Gasteiger partial charge in [-0.3, -0.25) is 34.2 Å². The standard InChI is InChI=1S/C23H29N5O5/c1-13(21(31)27-10-4-6-15(12-27)24-2)25-11-14-5-3-7-16-19(14)23(33)28(22(16)32)17-8-9-18(29)26-20(17)30/h3,5,7,13,15,17,24-25H,4,6,8-12H2,1-2H3,(H,26,29,30)/t13-,15?,17?/m0/s1. The smallest absolute Gasteiger partial charge is 0.262 e. The Morgan fingerprint density at radius 1 is 1.18 bits per heavy atom. The van der Waals surface area contributed by atoms with E-state index in [1.165, 1.54) is 0 Å². The number of amides is 5. The molecule has 1 aromatic carbocycles. The van der Waals surface area contributed by atoms with E-state index >= 15 is 0 Å². The summed E-state index contributed by atoms with van der Waals surface area (Å²) in [6.45, 7) is 3.40. The van der Waals surface area contributed by atoms with Crippen LogP contribution in [-0.4, -0.2) is 77.6 Å². The number of carbonyl (C=O) groups is 5. The second kappa shape index (κ2) is 9.40. The molecule has 0 saturated carbocycles. The summed E-state index contributed by atoms with van der Waals surface area (Å²) in [6, 6.07) is 3.80. The largest absolute Gasteiger partial charge is 0.340 e. The van der Waals surface area contributed by atoms with Crippen LogP contribution < -0.4 is 16.0 Å². The van der Waals surface area contributed by atoms with Gasteiger partial charge in [-0.1, -0.05) is 12.1 Å². The molecule has 0 radical (unpaired) electrons. The Balaban J connectivity index is 1.46. The molecule has 2 saturated heterocycles. The average Bonchev–Trinajstić information content (AvgIpc) is 3.07. The van der Waals surface area contributed by atoms with Crippen LogP contribution in [0.2, 0.25) is 0 Å². The number of nitrogens with zero attached hydrogens (tertiary/aromatic N) is 2. The van der Waals surface area contributed by atoms with Gasteiger partial charge in [0.2, 0.25) is 17.7 Å². The van der Waals surface area contributed by atoms with Crippen LogP contribution in [0.5, 0.6) is 0 Å². The van der Waals surface area contributed by atoms with Crippen molar-refractivity contribution in [3.63, 3.8) is 0 Å². The normalized spacial score (nSPS) is 24.1. The zero-order chi connectivity index (χ0) is 23.7. The number of hydrogen-bond donors (Lipinski definition) is 3. The number of hydrogen-bond acceptors (Lipinski definition) is 7. The summed E-state index contributed by atoms with van der Waals surface area (Å²) in [5.74, 6) is -2.14. The molecule has 0 aliphatic carbocycles. The fourth-order valence-electron chi connectivity index (χ4n) is 4.77. The minimum absolute atomic E-state index is 0.00454. The predicted molar refractivity (Wildman–Crippen MR) is 118 cm³/mol. The third kappa shape index (κ3) is 4.40. The molecule has 4 rings (SSSR count). The van der Waals surface area contributed by atoms with E-state index in [4.69, 9.17) is 0 Å². The molecule has 3 aliphatic heterocycles. The van der Waals surface area contributed by atoms with Gasteiger partial charge in [0.25, 0.3) is 11.8 Å².